The van der Waals surface area contributed by atoms with Crippen molar-refractivity contribution >= 4 is 34.0 Å². The third kappa shape index (κ3) is 1.98. The van der Waals surface area contributed by atoms with E-state index in [1.54, 1.807) is 10.9 Å². The smallest absolute Gasteiger partial charge is 0.161 e. The van der Waals surface area contributed by atoms with Crippen molar-refractivity contribution in [3.05, 3.63) is 52.4 Å². The number of benzene rings is 1. The van der Waals surface area contributed by atoms with E-state index in [0.29, 0.717) is 10.9 Å². The third-order valence-corrected chi connectivity index (χ3v) is 4.24. The van der Waals surface area contributed by atoms with Crippen LogP contribution >= 0.6 is 23.2 Å². The number of fused-ring (bicyclic) bond motifs is 1. The lowest BCUT2D eigenvalue weighted by atomic mass is 10.1. The van der Waals surface area contributed by atoms with Crippen LogP contribution in [-0.4, -0.2) is 14.8 Å². The maximum atomic E-state index is 6.23. The Morgan fingerprint density at radius 1 is 1.15 bits per heavy atom. The summed E-state index contributed by atoms with van der Waals surface area (Å²) in [6, 6.07) is 8.05. The van der Waals surface area contributed by atoms with Gasteiger partial charge >= 0.3 is 0 Å². The summed E-state index contributed by atoms with van der Waals surface area (Å²) in [4.78, 5) is 4.52. The fourth-order valence-electron chi connectivity index (χ4n) is 2.34. The first kappa shape index (κ1) is 13.4. The van der Waals surface area contributed by atoms with E-state index in [2.05, 4.69) is 10.1 Å². The zero-order valence-corrected chi connectivity index (χ0v) is 12.7. The first-order valence-corrected chi connectivity index (χ1v) is 7.19. The van der Waals surface area contributed by atoms with Gasteiger partial charge in [-0.2, -0.15) is 5.10 Å². The molecule has 0 bridgehead atoms. The zero-order valence-electron chi connectivity index (χ0n) is 11.2. The molecule has 0 aliphatic rings. The highest BCUT2D eigenvalue weighted by molar-refractivity contribution is 6.31. The van der Waals surface area contributed by atoms with Crippen LogP contribution in [0.15, 0.2) is 30.5 Å². The number of nitrogens with zero attached hydrogens (tertiary/aromatic N) is 3. The Kier molecular flexibility index (Phi) is 3.40. The van der Waals surface area contributed by atoms with E-state index in [4.69, 9.17) is 23.2 Å². The van der Waals surface area contributed by atoms with Crippen molar-refractivity contribution in [2.24, 2.45) is 0 Å². The maximum Gasteiger partial charge on any atom is 0.161 e. The van der Waals surface area contributed by atoms with Gasteiger partial charge in [0, 0.05) is 17.5 Å². The molecule has 0 spiro atoms. The third-order valence-electron chi connectivity index (χ3n) is 3.40. The maximum absolute atomic E-state index is 6.23. The van der Waals surface area contributed by atoms with Gasteiger partial charge in [0.1, 0.15) is 0 Å². The van der Waals surface area contributed by atoms with Crippen molar-refractivity contribution in [2.75, 3.05) is 0 Å². The van der Waals surface area contributed by atoms with Gasteiger partial charge in [-0.05, 0) is 24.8 Å². The Morgan fingerprint density at radius 3 is 2.45 bits per heavy atom. The first-order valence-electron chi connectivity index (χ1n) is 6.28. The minimum Gasteiger partial charge on any atom is -0.236 e. The number of halogens is 2. The summed E-state index contributed by atoms with van der Waals surface area (Å²) in [6.07, 6.45) is 1.80. The molecule has 0 radical (unpaired) electrons. The van der Waals surface area contributed by atoms with Gasteiger partial charge in [0.05, 0.1) is 16.4 Å². The van der Waals surface area contributed by atoms with Crippen LogP contribution in [0.3, 0.4) is 0 Å². The second kappa shape index (κ2) is 5.08. The quantitative estimate of drug-likeness (QED) is 0.656. The Balaban J connectivity index is 2.35. The molecule has 2 aromatic heterocycles. The normalized spacial score (nSPS) is 11.2. The highest BCUT2D eigenvalue weighted by atomic mass is 35.5. The van der Waals surface area contributed by atoms with Crippen molar-refractivity contribution in [1.82, 2.24) is 14.8 Å². The molecular formula is C15H13Cl2N3. The number of hydrogen-bond acceptors (Lipinski definition) is 2. The van der Waals surface area contributed by atoms with Crippen LogP contribution in [0.5, 0.6) is 0 Å². The van der Waals surface area contributed by atoms with Crippen molar-refractivity contribution in [3.63, 3.8) is 0 Å². The van der Waals surface area contributed by atoms with Gasteiger partial charge in [0.25, 0.3) is 0 Å². The second-order valence-corrected chi connectivity index (χ2v) is 5.33. The fourth-order valence-corrected chi connectivity index (χ4v) is 2.67. The predicted octanol–water partition coefficient (Wildman–Crippen LogP) is 4.43. The molecule has 3 aromatic rings. The summed E-state index contributed by atoms with van der Waals surface area (Å²) in [5.74, 6) is 1.22. The van der Waals surface area contributed by atoms with Crippen LogP contribution in [-0.2, 0) is 5.88 Å². The molecular weight excluding hydrogens is 293 g/mol. The monoisotopic (exact) mass is 305 g/mol. The highest BCUT2D eigenvalue weighted by Gasteiger charge is 2.15. The Hall–Kier alpha value is -1.58. The van der Waals surface area contributed by atoms with Gasteiger partial charge in [0.15, 0.2) is 5.82 Å². The van der Waals surface area contributed by atoms with E-state index >= 15 is 0 Å². The fraction of sp³-hybridized carbons (Fsp3) is 0.200. The molecule has 102 valence electrons. The van der Waals surface area contributed by atoms with Crippen LogP contribution in [0.2, 0.25) is 5.02 Å². The summed E-state index contributed by atoms with van der Waals surface area (Å²) in [5, 5.41) is 7.27. The van der Waals surface area contributed by atoms with Crippen LogP contribution in [0.4, 0.5) is 0 Å². The highest BCUT2D eigenvalue weighted by Crippen LogP contribution is 2.28. The van der Waals surface area contributed by atoms with Gasteiger partial charge in [-0.15, -0.1) is 11.6 Å². The van der Waals surface area contributed by atoms with E-state index < -0.39 is 0 Å². The molecule has 0 aliphatic carbocycles. The Bertz CT molecular complexity index is 793. The van der Waals surface area contributed by atoms with Crippen molar-refractivity contribution < 1.29 is 0 Å². The standard InChI is InChI=1S/C15H13Cl2N3/c1-9-14(17)10(2)20(19-9)15-13-6-4-3-5-12(13)11(7-16)8-18-15/h3-6,8H,7H2,1-2H3. The van der Waals surface area contributed by atoms with Gasteiger partial charge < -0.3 is 0 Å². The zero-order chi connectivity index (χ0) is 14.3. The predicted molar refractivity (Wildman–Crippen MR) is 82.9 cm³/mol. The summed E-state index contributed by atoms with van der Waals surface area (Å²) in [6.45, 7) is 3.83. The van der Waals surface area contributed by atoms with E-state index in [1.165, 1.54) is 0 Å². The SMILES string of the molecule is Cc1nn(-c2ncc(CCl)c3ccccc23)c(C)c1Cl. The molecule has 5 heteroatoms. The first-order chi connectivity index (χ1) is 9.63. The van der Waals surface area contributed by atoms with E-state index in [-0.39, 0.29) is 0 Å². The number of aromatic nitrogens is 3. The second-order valence-electron chi connectivity index (χ2n) is 4.68. The van der Waals surface area contributed by atoms with Crippen LogP contribution in [0.25, 0.3) is 16.6 Å². The van der Waals surface area contributed by atoms with E-state index in [1.807, 2.05) is 38.1 Å². The average Bonchev–Trinajstić information content (AvgIpc) is 2.73. The lowest BCUT2D eigenvalue weighted by molar-refractivity contribution is 0.813. The number of aryl methyl sites for hydroxylation is 1. The number of pyridine rings is 1. The lowest BCUT2D eigenvalue weighted by Crippen LogP contribution is -2.04. The molecule has 0 atom stereocenters. The minimum absolute atomic E-state index is 0.436. The molecule has 1 aromatic carbocycles. The number of alkyl halides is 1. The number of rotatable bonds is 2. The molecule has 0 fully saturated rings. The molecule has 20 heavy (non-hydrogen) atoms. The minimum atomic E-state index is 0.436. The van der Waals surface area contributed by atoms with Gasteiger partial charge in [-0.25, -0.2) is 9.67 Å². The average molecular weight is 306 g/mol. The van der Waals surface area contributed by atoms with Crippen molar-refractivity contribution in [3.8, 4) is 5.82 Å². The molecule has 0 N–H and O–H groups in total. The molecule has 0 amide bonds. The molecule has 0 saturated carbocycles. The van der Waals surface area contributed by atoms with Gasteiger partial charge in [-0.3, -0.25) is 0 Å². The Labute approximate surface area is 127 Å². The lowest BCUT2D eigenvalue weighted by Gasteiger charge is -2.10. The summed E-state index contributed by atoms with van der Waals surface area (Å²) in [7, 11) is 0. The van der Waals surface area contributed by atoms with Gasteiger partial charge in [0.2, 0.25) is 0 Å². The molecule has 3 rings (SSSR count). The van der Waals surface area contributed by atoms with E-state index in [9.17, 15) is 0 Å². The van der Waals surface area contributed by atoms with Crippen LogP contribution < -0.4 is 0 Å². The Morgan fingerprint density at radius 2 is 1.85 bits per heavy atom. The molecule has 0 saturated heterocycles. The van der Waals surface area contributed by atoms with Gasteiger partial charge in [-0.1, -0.05) is 35.9 Å². The van der Waals surface area contributed by atoms with E-state index in [0.717, 1.165) is 33.5 Å². The van der Waals surface area contributed by atoms with Crippen molar-refractivity contribution in [2.45, 2.75) is 19.7 Å². The molecule has 2 heterocycles. The topological polar surface area (TPSA) is 30.7 Å². The molecule has 0 aliphatic heterocycles. The van der Waals surface area contributed by atoms with Crippen molar-refractivity contribution in [1.29, 1.82) is 0 Å². The largest absolute Gasteiger partial charge is 0.236 e. The number of hydrogen-bond donors (Lipinski definition) is 0. The summed E-state index contributed by atoms with van der Waals surface area (Å²) < 4.78 is 1.79. The molecule has 3 nitrogen and oxygen atoms in total. The summed E-state index contributed by atoms with van der Waals surface area (Å²) >= 11 is 12.2. The molecule has 0 unspecified atom stereocenters. The van der Waals surface area contributed by atoms with Crippen LogP contribution in [0.1, 0.15) is 17.0 Å². The van der Waals surface area contributed by atoms with Crippen LogP contribution in [0, 0.1) is 13.8 Å². The summed E-state index contributed by atoms with van der Waals surface area (Å²) in [5.41, 5.74) is 2.70.